The van der Waals surface area contributed by atoms with Crippen molar-refractivity contribution in [3.05, 3.63) is 36.0 Å². The third kappa shape index (κ3) is 1.73. The number of rotatable bonds is 3. The molecule has 0 radical (unpaired) electrons. The highest BCUT2D eigenvalue weighted by Gasteiger charge is 2.08. The Morgan fingerprint density at radius 2 is 2.07 bits per heavy atom. The number of hydrogen-bond donors (Lipinski definition) is 0. The van der Waals surface area contributed by atoms with Gasteiger partial charge in [0.1, 0.15) is 6.10 Å². The number of benzene rings is 1. The molecule has 0 aliphatic heterocycles. The van der Waals surface area contributed by atoms with Gasteiger partial charge in [0.25, 0.3) is 0 Å². The zero-order valence-electron chi connectivity index (χ0n) is 8.81. The maximum absolute atomic E-state index is 10.9. The van der Waals surface area contributed by atoms with Crippen LogP contribution in [0.2, 0.25) is 0 Å². The normalized spacial score (nSPS) is 10.9. The van der Waals surface area contributed by atoms with Crippen molar-refractivity contribution in [1.29, 1.82) is 0 Å². The summed E-state index contributed by atoms with van der Waals surface area (Å²) in [5.74, 6) is 0. The topological polar surface area (TPSA) is 31.2 Å². The van der Waals surface area contributed by atoms with Crippen molar-refractivity contribution >= 4 is 17.2 Å². The Hall–Kier alpha value is -1.77. The van der Waals surface area contributed by atoms with Crippen LogP contribution in [-0.2, 0) is 0 Å². The molecule has 2 rings (SSSR count). The van der Waals surface area contributed by atoms with E-state index in [4.69, 9.17) is 4.84 Å². The molecule has 1 aromatic heterocycles. The average Bonchev–Trinajstić information content (AvgIpc) is 2.56. The Morgan fingerprint density at radius 1 is 1.33 bits per heavy atom. The quantitative estimate of drug-likeness (QED) is 0.717. The molecule has 78 valence electrons. The van der Waals surface area contributed by atoms with Crippen LogP contribution in [0.25, 0.3) is 10.9 Å². The van der Waals surface area contributed by atoms with Crippen molar-refractivity contribution in [1.82, 2.24) is 4.73 Å². The van der Waals surface area contributed by atoms with Gasteiger partial charge in [0, 0.05) is 10.9 Å². The van der Waals surface area contributed by atoms with Crippen LogP contribution in [-0.4, -0.2) is 17.1 Å². The molecule has 0 aliphatic carbocycles. The minimum absolute atomic E-state index is 0.0836. The summed E-state index contributed by atoms with van der Waals surface area (Å²) < 4.78 is 1.66. The van der Waals surface area contributed by atoms with E-state index < -0.39 is 0 Å². The van der Waals surface area contributed by atoms with Gasteiger partial charge in [-0.25, -0.2) is 0 Å². The third-order valence-electron chi connectivity index (χ3n) is 2.16. The third-order valence-corrected chi connectivity index (χ3v) is 2.16. The summed E-state index contributed by atoms with van der Waals surface area (Å²) in [4.78, 5) is 16.4. The predicted octanol–water partition coefficient (Wildman–Crippen LogP) is 2.29. The standard InChI is InChI=1S/C12H13NO2/c1-9(2)15-13-7-10(8-14)11-5-3-4-6-12(11)13/h3-9H,1-2H3. The number of nitrogens with zero attached hydrogens (tertiary/aromatic N) is 1. The van der Waals surface area contributed by atoms with Crippen LogP contribution in [0, 0.1) is 0 Å². The molecule has 0 amide bonds. The molecule has 0 bridgehead atoms. The lowest BCUT2D eigenvalue weighted by molar-refractivity contribution is 0.0683. The van der Waals surface area contributed by atoms with Crippen molar-refractivity contribution in [2.24, 2.45) is 0 Å². The minimum atomic E-state index is 0.0836. The van der Waals surface area contributed by atoms with Gasteiger partial charge in [-0.1, -0.05) is 18.2 Å². The molecule has 0 fully saturated rings. The van der Waals surface area contributed by atoms with Crippen molar-refractivity contribution in [2.75, 3.05) is 0 Å². The SMILES string of the molecule is CC(C)On1cc(C=O)c2ccccc21. The van der Waals surface area contributed by atoms with Crippen LogP contribution in [0.15, 0.2) is 30.5 Å². The fourth-order valence-electron chi connectivity index (χ4n) is 1.58. The van der Waals surface area contributed by atoms with Crippen LogP contribution < -0.4 is 4.84 Å². The molecule has 15 heavy (non-hydrogen) atoms. The molecular formula is C12H13NO2. The predicted molar refractivity (Wildman–Crippen MR) is 59.0 cm³/mol. The first-order valence-corrected chi connectivity index (χ1v) is 4.95. The van der Waals surface area contributed by atoms with E-state index in [1.807, 2.05) is 38.1 Å². The molecule has 0 spiro atoms. The molecule has 0 saturated heterocycles. The Balaban J connectivity index is 2.59. The Labute approximate surface area is 88.2 Å². The highest BCUT2D eigenvalue weighted by molar-refractivity contribution is 5.97. The number of para-hydroxylation sites is 1. The van der Waals surface area contributed by atoms with E-state index in [2.05, 4.69) is 0 Å². The minimum Gasteiger partial charge on any atom is -0.411 e. The molecule has 0 aliphatic rings. The van der Waals surface area contributed by atoms with Gasteiger partial charge in [-0.15, -0.1) is 0 Å². The van der Waals surface area contributed by atoms with Gasteiger partial charge in [-0.05, 0) is 19.9 Å². The number of carbonyl (C=O) groups excluding carboxylic acids is 1. The molecular weight excluding hydrogens is 190 g/mol. The number of hydrogen-bond acceptors (Lipinski definition) is 2. The largest absolute Gasteiger partial charge is 0.411 e. The Bertz CT molecular complexity index is 485. The van der Waals surface area contributed by atoms with Crippen LogP contribution in [0.1, 0.15) is 24.2 Å². The molecule has 0 saturated carbocycles. The van der Waals surface area contributed by atoms with Gasteiger partial charge < -0.3 is 4.84 Å². The molecule has 0 atom stereocenters. The highest BCUT2D eigenvalue weighted by atomic mass is 16.7. The first-order valence-electron chi connectivity index (χ1n) is 4.95. The summed E-state index contributed by atoms with van der Waals surface area (Å²) in [6.07, 6.45) is 2.65. The maximum atomic E-state index is 10.9. The van der Waals surface area contributed by atoms with E-state index in [0.717, 1.165) is 17.2 Å². The molecule has 3 heteroatoms. The van der Waals surface area contributed by atoms with Gasteiger partial charge in [0.2, 0.25) is 0 Å². The molecule has 1 aromatic carbocycles. The zero-order chi connectivity index (χ0) is 10.8. The highest BCUT2D eigenvalue weighted by Crippen LogP contribution is 2.18. The lowest BCUT2D eigenvalue weighted by Gasteiger charge is -2.10. The second-order valence-corrected chi connectivity index (χ2v) is 3.70. The van der Waals surface area contributed by atoms with Crippen molar-refractivity contribution in [3.63, 3.8) is 0 Å². The fraction of sp³-hybridized carbons (Fsp3) is 0.250. The van der Waals surface area contributed by atoms with Crippen LogP contribution in [0.4, 0.5) is 0 Å². The smallest absolute Gasteiger partial charge is 0.152 e. The van der Waals surface area contributed by atoms with Crippen molar-refractivity contribution < 1.29 is 9.63 Å². The number of carbonyl (C=O) groups is 1. The Kier molecular flexibility index (Phi) is 2.46. The maximum Gasteiger partial charge on any atom is 0.152 e. The second kappa shape index (κ2) is 3.77. The zero-order valence-corrected chi connectivity index (χ0v) is 8.81. The van der Waals surface area contributed by atoms with Crippen LogP contribution in [0.5, 0.6) is 0 Å². The van der Waals surface area contributed by atoms with E-state index in [-0.39, 0.29) is 6.10 Å². The summed E-state index contributed by atoms with van der Waals surface area (Å²) in [6.45, 7) is 3.91. The monoisotopic (exact) mass is 203 g/mol. The van der Waals surface area contributed by atoms with Gasteiger partial charge in [-0.3, -0.25) is 4.79 Å². The van der Waals surface area contributed by atoms with E-state index in [1.165, 1.54) is 0 Å². The van der Waals surface area contributed by atoms with E-state index in [9.17, 15) is 4.79 Å². The summed E-state index contributed by atoms with van der Waals surface area (Å²) in [5, 5.41) is 0.924. The molecule has 0 unspecified atom stereocenters. The fourth-order valence-corrected chi connectivity index (χ4v) is 1.58. The average molecular weight is 203 g/mol. The molecule has 0 N–H and O–H groups in total. The van der Waals surface area contributed by atoms with Crippen molar-refractivity contribution in [3.8, 4) is 0 Å². The number of aldehydes is 1. The second-order valence-electron chi connectivity index (χ2n) is 3.70. The summed E-state index contributed by atoms with van der Waals surface area (Å²) in [6, 6.07) is 7.69. The van der Waals surface area contributed by atoms with Gasteiger partial charge >= 0.3 is 0 Å². The first kappa shape index (κ1) is 9.77. The van der Waals surface area contributed by atoms with Gasteiger partial charge in [0.05, 0.1) is 11.7 Å². The number of aromatic nitrogens is 1. The summed E-state index contributed by atoms with van der Waals surface area (Å²) >= 11 is 0. The van der Waals surface area contributed by atoms with Crippen molar-refractivity contribution in [2.45, 2.75) is 20.0 Å². The van der Waals surface area contributed by atoms with E-state index >= 15 is 0 Å². The Morgan fingerprint density at radius 3 is 2.73 bits per heavy atom. The van der Waals surface area contributed by atoms with E-state index in [1.54, 1.807) is 10.9 Å². The first-order chi connectivity index (χ1) is 7.22. The van der Waals surface area contributed by atoms with Gasteiger partial charge in [0.15, 0.2) is 6.29 Å². The van der Waals surface area contributed by atoms with Crippen LogP contribution in [0.3, 0.4) is 0 Å². The van der Waals surface area contributed by atoms with E-state index in [0.29, 0.717) is 5.56 Å². The van der Waals surface area contributed by atoms with Crippen LogP contribution >= 0.6 is 0 Å². The molecule has 3 nitrogen and oxygen atoms in total. The lowest BCUT2D eigenvalue weighted by atomic mass is 10.2. The molecule has 2 aromatic rings. The van der Waals surface area contributed by atoms with Gasteiger partial charge in [-0.2, -0.15) is 4.73 Å². The lowest BCUT2D eigenvalue weighted by Crippen LogP contribution is -2.17. The number of fused-ring (bicyclic) bond motifs is 1. The summed E-state index contributed by atoms with van der Waals surface area (Å²) in [5.41, 5.74) is 1.58. The summed E-state index contributed by atoms with van der Waals surface area (Å²) in [7, 11) is 0. The molecule has 1 heterocycles.